The molecule has 0 amide bonds. The molecule has 0 aromatic carbocycles. The first-order chi connectivity index (χ1) is 4.72. The topological polar surface area (TPSA) is 24.7 Å². The Labute approximate surface area is 62.4 Å². The van der Waals surface area contributed by atoms with Gasteiger partial charge in [-0.25, -0.2) is 0 Å². The summed E-state index contributed by atoms with van der Waals surface area (Å²) < 4.78 is 0. The van der Waals surface area contributed by atoms with Crippen LogP contribution >= 0.6 is 0 Å². The van der Waals surface area contributed by atoms with Crippen LogP contribution in [0.5, 0.6) is 0 Å². The zero-order valence-electron chi connectivity index (χ0n) is 6.83. The predicted octanol–water partition coefficient (Wildman–Crippen LogP) is 1.93. The Morgan fingerprint density at radius 2 is 2.10 bits per heavy atom. The summed E-state index contributed by atoms with van der Waals surface area (Å²) in [5.74, 6) is 0.426. The molecule has 0 N–H and O–H groups in total. The molecule has 0 atom stereocenters. The largest absolute Gasteiger partial charge is 0.296 e. The molecular formula is C8H14N2. The highest BCUT2D eigenvalue weighted by atomic mass is 14.7. The second-order valence-electron chi connectivity index (χ2n) is 2.31. The molecule has 2 nitrogen and oxygen atoms in total. The van der Waals surface area contributed by atoms with Gasteiger partial charge in [-0.2, -0.15) is 0 Å². The third-order valence-electron chi connectivity index (χ3n) is 1.17. The van der Waals surface area contributed by atoms with E-state index in [1.807, 2.05) is 6.08 Å². The van der Waals surface area contributed by atoms with Crippen molar-refractivity contribution in [1.29, 1.82) is 0 Å². The molecule has 56 valence electrons. The van der Waals surface area contributed by atoms with Crippen LogP contribution in [0.4, 0.5) is 0 Å². The monoisotopic (exact) mass is 138 g/mol. The van der Waals surface area contributed by atoms with Gasteiger partial charge in [-0.3, -0.25) is 9.98 Å². The quantitative estimate of drug-likeness (QED) is 0.532. The van der Waals surface area contributed by atoms with E-state index in [1.54, 1.807) is 13.3 Å². The van der Waals surface area contributed by atoms with Gasteiger partial charge in [-0.05, 0) is 18.7 Å². The highest BCUT2D eigenvalue weighted by Crippen LogP contribution is 2.08. The maximum Gasteiger partial charge on any atom is 0.0436 e. The molecular weight excluding hydrogens is 124 g/mol. The predicted molar refractivity (Wildman–Crippen MR) is 46.9 cm³/mol. The van der Waals surface area contributed by atoms with Crippen molar-refractivity contribution in [2.75, 3.05) is 7.05 Å². The fraction of sp³-hybridized carbons (Fsp3) is 0.500. The molecule has 0 saturated carbocycles. The van der Waals surface area contributed by atoms with Crippen molar-refractivity contribution in [3.05, 3.63) is 11.8 Å². The van der Waals surface area contributed by atoms with Crippen LogP contribution in [0.3, 0.4) is 0 Å². The zero-order valence-corrected chi connectivity index (χ0v) is 6.83. The highest BCUT2D eigenvalue weighted by Gasteiger charge is 1.96. The Hall–Kier alpha value is -0.920. The van der Waals surface area contributed by atoms with Gasteiger partial charge >= 0.3 is 0 Å². The molecule has 0 aliphatic rings. The van der Waals surface area contributed by atoms with Crippen LogP contribution in [-0.2, 0) is 0 Å². The molecule has 0 aromatic heterocycles. The van der Waals surface area contributed by atoms with E-state index in [1.165, 1.54) is 0 Å². The zero-order chi connectivity index (χ0) is 7.98. The van der Waals surface area contributed by atoms with Gasteiger partial charge in [-0.15, -0.1) is 0 Å². The SMILES string of the molecule is C=N/C(=C\C=NC)C(C)C. The van der Waals surface area contributed by atoms with Crippen LogP contribution in [0.25, 0.3) is 0 Å². The van der Waals surface area contributed by atoms with Gasteiger partial charge in [0.15, 0.2) is 0 Å². The van der Waals surface area contributed by atoms with Gasteiger partial charge in [0.25, 0.3) is 0 Å². The molecule has 0 heterocycles. The lowest BCUT2D eigenvalue weighted by molar-refractivity contribution is 0.762. The highest BCUT2D eigenvalue weighted by molar-refractivity contribution is 5.72. The summed E-state index contributed by atoms with van der Waals surface area (Å²) in [7, 11) is 1.73. The van der Waals surface area contributed by atoms with Crippen molar-refractivity contribution in [2.45, 2.75) is 13.8 Å². The number of allylic oxidation sites excluding steroid dienone is 2. The van der Waals surface area contributed by atoms with Crippen LogP contribution in [0, 0.1) is 5.92 Å². The molecule has 0 saturated heterocycles. The minimum absolute atomic E-state index is 0.426. The summed E-state index contributed by atoms with van der Waals surface area (Å²) in [5.41, 5.74) is 0.977. The van der Waals surface area contributed by atoms with Gasteiger partial charge in [0, 0.05) is 19.0 Å². The second kappa shape index (κ2) is 4.91. The van der Waals surface area contributed by atoms with Gasteiger partial charge in [0.05, 0.1) is 0 Å². The fourth-order valence-electron chi connectivity index (χ4n) is 0.579. The number of rotatable bonds is 3. The second-order valence-corrected chi connectivity index (χ2v) is 2.31. The van der Waals surface area contributed by atoms with Crippen molar-refractivity contribution < 1.29 is 0 Å². The third kappa shape index (κ3) is 3.17. The summed E-state index contributed by atoms with van der Waals surface area (Å²) >= 11 is 0. The summed E-state index contributed by atoms with van der Waals surface area (Å²) in [5, 5.41) is 0. The van der Waals surface area contributed by atoms with E-state index in [-0.39, 0.29) is 0 Å². The molecule has 0 spiro atoms. The minimum atomic E-state index is 0.426. The molecule has 0 aliphatic carbocycles. The molecule has 0 rings (SSSR count). The van der Waals surface area contributed by atoms with Crippen molar-refractivity contribution >= 4 is 12.9 Å². The molecule has 0 aliphatic heterocycles. The van der Waals surface area contributed by atoms with Gasteiger partial charge in [-0.1, -0.05) is 13.8 Å². The lowest BCUT2D eigenvalue weighted by atomic mass is 10.1. The third-order valence-corrected chi connectivity index (χ3v) is 1.17. The standard InChI is InChI=1S/C8H14N2/c1-7(2)8(10-4)5-6-9-3/h5-7H,4H2,1-3H3/b8-5-,9-6?. The van der Waals surface area contributed by atoms with Gasteiger partial charge < -0.3 is 0 Å². The lowest BCUT2D eigenvalue weighted by Crippen LogP contribution is -1.89. The smallest absolute Gasteiger partial charge is 0.0436 e. The Morgan fingerprint density at radius 3 is 2.40 bits per heavy atom. The Morgan fingerprint density at radius 1 is 1.50 bits per heavy atom. The number of nitrogens with zero attached hydrogens (tertiary/aromatic N) is 2. The van der Waals surface area contributed by atoms with Gasteiger partial charge in [0.2, 0.25) is 0 Å². The average molecular weight is 138 g/mol. The summed E-state index contributed by atoms with van der Waals surface area (Å²) in [6.45, 7) is 7.60. The molecule has 0 fully saturated rings. The fourth-order valence-corrected chi connectivity index (χ4v) is 0.579. The molecule has 0 bridgehead atoms. The Kier molecular flexibility index (Phi) is 4.46. The van der Waals surface area contributed by atoms with Crippen LogP contribution < -0.4 is 0 Å². The van der Waals surface area contributed by atoms with Crippen molar-refractivity contribution in [1.82, 2.24) is 0 Å². The first-order valence-corrected chi connectivity index (χ1v) is 3.31. The van der Waals surface area contributed by atoms with E-state index in [0.717, 1.165) is 5.70 Å². The van der Waals surface area contributed by atoms with E-state index >= 15 is 0 Å². The van der Waals surface area contributed by atoms with E-state index in [2.05, 4.69) is 30.5 Å². The Balaban J connectivity index is 4.18. The van der Waals surface area contributed by atoms with E-state index in [9.17, 15) is 0 Å². The first-order valence-electron chi connectivity index (χ1n) is 3.31. The van der Waals surface area contributed by atoms with Crippen LogP contribution in [-0.4, -0.2) is 20.0 Å². The van der Waals surface area contributed by atoms with E-state index < -0.39 is 0 Å². The summed E-state index contributed by atoms with van der Waals surface area (Å²) in [6.07, 6.45) is 3.60. The molecule has 0 radical (unpaired) electrons. The van der Waals surface area contributed by atoms with Crippen molar-refractivity contribution in [3.63, 3.8) is 0 Å². The van der Waals surface area contributed by atoms with Crippen molar-refractivity contribution in [3.8, 4) is 0 Å². The minimum Gasteiger partial charge on any atom is -0.296 e. The van der Waals surface area contributed by atoms with Gasteiger partial charge in [0.1, 0.15) is 0 Å². The van der Waals surface area contributed by atoms with E-state index in [4.69, 9.17) is 0 Å². The molecule has 10 heavy (non-hydrogen) atoms. The number of hydrogen-bond acceptors (Lipinski definition) is 2. The van der Waals surface area contributed by atoms with Crippen molar-refractivity contribution in [2.24, 2.45) is 15.9 Å². The van der Waals surface area contributed by atoms with Crippen LogP contribution in [0.2, 0.25) is 0 Å². The van der Waals surface area contributed by atoms with E-state index in [0.29, 0.717) is 5.92 Å². The first kappa shape index (κ1) is 9.08. The molecule has 0 unspecified atom stereocenters. The van der Waals surface area contributed by atoms with Crippen LogP contribution in [0.1, 0.15) is 13.8 Å². The normalized spacial score (nSPS) is 13.0. The average Bonchev–Trinajstić information content (AvgIpc) is 1.89. The summed E-state index contributed by atoms with van der Waals surface area (Å²) in [6, 6.07) is 0. The number of aliphatic imine (C=N–C) groups is 2. The summed E-state index contributed by atoms with van der Waals surface area (Å²) in [4.78, 5) is 7.66. The lowest BCUT2D eigenvalue weighted by Gasteiger charge is -2.01. The Bertz CT molecular complexity index is 155. The number of hydrogen-bond donors (Lipinski definition) is 0. The maximum atomic E-state index is 3.84. The molecule has 0 aromatic rings. The molecule has 2 heteroatoms. The van der Waals surface area contributed by atoms with Crippen LogP contribution in [0.15, 0.2) is 21.8 Å². The maximum absolute atomic E-state index is 3.84.